The van der Waals surface area contributed by atoms with Crippen LogP contribution < -0.4 is 4.74 Å². The second kappa shape index (κ2) is 8.90. The predicted molar refractivity (Wildman–Crippen MR) is 87.9 cm³/mol. The van der Waals surface area contributed by atoms with E-state index in [4.69, 9.17) is 18.9 Å². The molecule has 0 aromatic heterocycles. The second-order valence-corrected chi connectivity index (χ2v) is 5.55. The van der Waals surface area contributed by atoms with Gasteiger partial charge in [-0.25, -0.2) is 0 Å². The van der Waals surface area contributed by atoms with Crippen LogP contribution in [0.4, 0.5) is 0 Å². The maximum absolute atomic E-state index is 5.85. The Kier molecular flexibility index (Phi) is 6.86. The molecule has 0 aliphatic carbocycles. The Hall–Kier alpha value is -1.40. The maximum atomic E-state index is 5.85. The third-order valence-corrected chi connectivity index (χ3v) is 3.45. The van der Waals surface area contributed by atoms with Crippen molar-refractivity contribution in [3.8, 4) is 5.75 Å². The molecule has 0 aliphatic heterocycles. The van der Waals surface area contributed by atoms with Gasteiger partial charge in [-0.3, -0.25) is 0 Å². The predicted octanol–water partition coefficient (Wildman–Crippen LogP) is 4.14. The SMILES string of the molecule is COCOc1cc(Br)cc(C(OCOC)c2ccccc2)c1. The van der Waals surface area contributed by atoms with Gasteiger partial charge >= 0.3 is 0 Å². The van der Waals surface area contributed by atoms with Crippen molar-refractivity contribution in [1.29, 1.82) is 0 Å². The van der Waals surface area contributed by atoms with Crippen molar-refractivity contribution in [2.24, 2.45) is 0 Å². The molecule has 4 nitrogen and oxygen atoms in total. The van der Waals surface area contributed by atoms with Gasteiger partial charge in [-0.05, 0) is 29.3 Å². The van der Waals surface area contributed by atoms with Crippen molar-refractivity contribution < 1.29 is 18.9 Å². The largest absolute Gasteiger partial charge is 0.468 e. The van der Waals surface area contributed by atoms with E-state index in [1.807, 2.05) is 48.5 Å². The van der Waals surface area contributed by atoms with Crippen LogP contribution >= 0.6 is 15.9 Å². The van der Waals surface area contributed by atoms with E-state index in [0.29, 0.717) is 5.75 Å². The van der Waals surface area contributed by atoms with Crippen molar-refractivity contribution in [3.05, 3.63) is 64.1 Å². The van der Waals surface area contributed by atoms with Gasteiger partial charge < -0.3 is 18.9 Å². The smallest absolute Gasteiger partial charge is 0.188 e. The Morgan fingerprint density at radius 3 is 2.32 bits per heavy atom. The van der Waals surface area contributed by atoms with E-state index < -0.39 is 0 Å². The summed E-state index contributed by atoms with van der Waals surface area (Å²) in [5.74, 6) is 0.716. The summed E-state index contributed by atoms with van der Waals surface area (Å²) in [6, 6.07) is 15.8. The van der Waals surface area contributed by atoms with Crippen LogP contribution in [0.3, 0.4) is 0 Å². The van der Waals surface area contributed by atoms with Crippen LogP contribution in [0.1, 0.15) is 17.2 Å². The third kappa shape index (κ3) is 4.81. The Morgan fingerprint density at radius 2 is 1.64 bits per heavy atom. The van der Waals surface area contributed by atoms with Crippen molar-refractivity contribution in [3.63, 3.8) is 0 Å². The fraction of sp³-hybridized carbons (Fsp3) is 0.294. The van der Waals surface area contributed by atoms with Crippen LogP contribution in [0.15, 0.2) is 53.0 Å². The molecule has 0 heterocycles. The van der Waals surface area contributed by atoms with Gasteiger partial charge in [-0.1, -0.05) is 46.3 Å². The average molecular weight is 367 g/mol. The van der Waals surface area contributed by atoms with Gasteiger partial charge in [0.05, 0.1) is 0 Å². The van der Waals surface area contributed by atoms with Gasteiger partial charge in [-0.15, -0.1) is 0 Å². The zero-order valence-corrected chi connectivity index (χ0v) is 14.2. The summed E-state index contributed by atoms with van der Waals surface area (Å²) >= 11 is 3.51. The standard InChI is InChI=1S/C17H19BrO4/c1-19-11-21-16-9-14(8-15(18)10-16)17(22-12-20-2)13-6-4-3-5-7-13/h3-10,17H,11-12H2,1-2H3. The highest BCUT2D eigenvalue weighted by Crippen LogP contribution is 2.31. The highest BCUT2D eigenvalue weighted by Gasteiger charge is 2.16. The summed E-state index contributed by atoms with van der Waals surface area (Å²) in [6.45, 7) is 0.408. The molecular formula is C17H19BrO4. The number of rotatable bonds is 8. The van der Waals surface area contributed by atoms with E-state index in [9.17, 15) is 0 Å². The van der Waals surface area contributed by atoms with Gasteiger partial charge in [0.15, 0.2) is 6.79 Å². The molecule has 118 valence electrons. The summed E-state index contributed by atoms with van der Waals surface area (Å²) in [5, 5.41) is 0. The quantitative estimate of drug-likeness (QED) is 0.657. The number of benzene rings is 2. The van der Waals surface area contributed by atoms with Crippen molar-refractivity contribution >= 4 is 15.9 Å². The van der Waals surface area contributed by atoms with Gasteiger partial charge in [0.1, 0.15) is 18.6 Å². The molecule has 2 aromatic carbocycles. The number of hydrogen-bond acceptors (Lipinski definition) is 4. The normalized spacial score (nSPS) is 12.1. The molecule has 0 bridgehead atoms. The topological polar surface area (TPSA) is 36.9 Å². The zero-order chi connectivity index (χ0) is 15.8. The lowest BCUT2D eigenvalue weighted by atomic mass is 10.0. The second-order valence-electron chi connectivity index (χ2n) is 4.64. The molecule has 0 fully saturated rings. The van der Waals surface area contributed by atoms with E-state index in [1.54, 1.807) is 14.2 Å². The minimum atomic E-state index is -0.233. The number of methoxy groups -OCH3 is 2. The van der Waals surface area contributed by atoms with Gasteiger partial charge in [0.2, 0.25) is 0 Å². The number of ether oxygens (including phenoxy) is 4. The maximum Gasteiger partial charge on any atom is 0.188 e. The van der Waals surface area contributed by atoms with Crippen LogP contribution in [0, 0.1) is 0 Å². The highest BCUT2D eigenvalue weighted by molar-refractivity contribution is 9.10. The molecular weight excluding hydrogens is 348 g/mol. The molecule has 1 unspecified atom stereocenters. The first-order valence-corrected chi connectivity index (χ1v) is 7.61. The fourth-order valence-corrected chi connectivity index (χ4v) is 2.58. The molecule has 0 N–H and O–H groups in total. The van der Waals surface area contributed by atoms with E-state index >= 15 is 0 Å². The molecule has 0 amide bonds. The number of halogens is 1. The van der Waals surface area contributed by atoms with Crippen LogP contribution in [0.2, 0.25) is 0 Å². The first-order chi connectivity index (χ1) is 10.7. The Bertz CT molecular complexity index is 574. The van der Waals surface area contributed by atoms with Gasteiger partial charge in [0.25, 0.3) is 0 Å². The fourth-order valence-electron chi connectivity index (χ4n) is 2.09. The van der Waals surface area contributed by atoms with Crippen molar-refractivity contribution in [1.82, 2.24) is 0 Å². The summed E-state index contributed by atoms with van der Waals surface area (Å²) in [5.41, 5.74) is 2.03. The van der Waals surface area contributed by atoms with Crippen LogP contribution in [-0.2, 0) is 14.2 Å². The molecule has 2 rings (SSSR count). The van der Waals surface area contributed by atoms with E-state index in [1.165, 1.54) is 0 Å². The van der Waals surface area contributed by atoms with E-state index in [-0.39, 0.29) is 19.7 Å². The van der Waals surface area contributed by atoms with Crippen LogP contribution in [0.5, 0.6) is 5.75 Å². The Morgan fingerprint density at radius 1 is 0.909 bits per heavy atom. The minimum Gasteiger partial charge on any atom is -0.468 e. The van der Waals surface area contributed by atoms with Gasteiger partial charge in [-0.2, -0.15) is 0 Å². The monoisotopic (exact) mass is 366 g/mol. The molecule has 0 saturated heterocycles. The average Bonchev–Trinajstić information content (AvgIpc) is 2.54. The number of hydrogen-bond donors (Lipinski definition) is 0. The lowest BCUT2D eigenvalue weighted by Crippen LogP contribution is -2.09. The van der Waals surface area contributed by atoms with Crippen molar-refractivity contribution in [2.45, 2.75) is 6.10 Å². The summed E-state index contributed by atoms with van der Waals surface area (Å²) in [6.07, 6.45) is -0.233. The lowest BCUT2D eigenvalue weighted by Gasteiger charge is -2.19. The lowest BCUT2D eigenvalue weighted by molar-refractivity contribution is -0.0592. The van der Waals surface area contributed by atoms with Crippen molar-refractivity contribution in [2.75, 3.05) is 27.8 Å². The summed E-state index contributed by atoms with van der Waals surface area (Å²) < 4.78 is 22.3. The molecule has 1 atom stereocenters. The van der Waals surface area contributed by atoms with Crippen LogP contribution in [-0.4, -0.2) is 27.8 Å². The summed E-state index contributed by atoms with van der Waals surface area (Å²) in [7, 11) is 3.20. The Labute approximate surface area is 139 Å². The molecule has 0 aliphatic rings. The third-order valence-electron chi connectivity index (χ3n) is 2.99. The molecule has 5 heteroatoms. The van der Waals surface area contributed by atoms with E-state index in [2.05, 4.69) is 15.9 Å². The molecule has 22 heavy (non-hydrogen) atoms. The Balaban J connectivity index is 2.32. The molecule has 2 aromatic rings. The molecule has 0 radical (unpaired) electrons. The molecule has 0 spiro atoms. The van der Waals surface area contributed by atoms with Gasteiger partial charge in [0, 0.05) is 18.7 Å². The summed E-state index contributed by atoms with van der Waals surface area (Å²) in [4.78, 5) is 0. The first kappa shape index (κ1) is 17.0. The minimum absolute atomic E-state index is 0.199. The zero-order valence-electron chi connectivity index (χ0n) is 12.6. The molecule has 0 saturated carbocycles. The van der Waals surface area contributed by atoms with E-state index in [0.717, 1.165) is 15.6 Å². The van der Waals surface area contributed by atoms with Crippen LogP contribution in [0.25, 0.3) is 0 Å². The first-order valence-electron chi connectivity index (χ1n) is 6.82. The highest BCUT2D eigenvalue weighted by atomic mass is 79.9.